The van der Waals surface area contributed by atoms with Crippen LogP contribution in [-0.4, -0.2) is 45.8 Å². The van der Waals surface area contributed by atoms with Gasteiger partial charge in [-0.25, -0.2) is 4.98 Å². The molecule has 2 heterocycles. The maximum absolute atomic E-state index is 12.5. The van der Waals surface area contributed by atoms with Gasteiger partial charge in [-0.3, -0.25) is 9.59 Å². The monoisotopic (exact) mass is 340 g/mol. The molecular weight excluding hydrogens is 316 g/mol. The Morgan fingerprint density at radius 2 is 2.12 bits per heavy atom. The summed E-state index contributed by atoms with van der Waals surface area (Å²) in [4.78, 5) is 33.3. The average molecular weight is 340 g/mol. The minimum Gasteiger partial charge on any atom is -0.346 e. The van der Waals surface area contributed by atoms with Crippen LogP contribution in [0.15, 0.2) is 42.9 Å². The first-order valence-corrected chi connectivity index (χ1v) is 8.74. The zero-order valence-electron chi connectivity index (χ0n) is 14.4. The van der Waals surface area contributed by atoms with Crippen molar-refractivity contribution in [2.45, 2.75) is 32.2 Å². The number of aromatic amines is 1. The van der Waals surface area contributed by atoms with E-state index < -0.39 is 0 Å². The van der Waals surface area contributed by atoms with Gasteiger partial charge in [0.2, 0.25) is 5.91 Å². The predicted molar refractivity (Wildman–Crippen MR) is 95.0 cm³/mol. The largest absolute Gasteiger partial charge is 0.346 e. The number of piperidine rings is 1. The van der Waals surface area contributed by atoms with Gasteiger partial charge in [0, 0.05) is 25.6 Å². The number of rotatable bonds is 5. The Labute approximate surface area is 147 Å². The van der Waals surface area contributed by atoms with Gasteiger partial charge < -0.3 is 15.2 Å². The van der Waals surface area contributed by atoms with E-state index in [0.717, 1.165) is 19.4 Å². The Morgan fingerprint density at radius 3 is 2.84 bits per heavy atom. The van der Waals surface area contributed by atoms with E-state index in [-0.39, 0.29) is 17.9 Å². The predicted octanol–water partition coefficient (Wildman–Crippen LogP) is 2.01. The Balaban J connectivity index is 1.54. The van der Waals surface area contributed by atoms with E-state index in [1.807, 2.05) is 35.2 Å². The minimum absolute atomic E-state index is 0.0368. The van der Waals surface area contributed by atoms with Crippen LogP contribution in [0.5, 0.6) is 0 Å². The quantitative estimate of drug-likeness (QED) is 0.874. The van der Waals surface area contributed by atoms with E-state index in [1.54, 1.807) is 0 Å². The maximum atomic E-state index is 12.5. The molecular formula is C19H24N4O2. The molecule has 1 aromatic heterocycles. The van der Waals surface area contributed by atoms with Crippen LogP contribution in [-0.2, 0) is 11.2 Å². The summed E-state index contributed by atoms with van der Waals surface area (Å²) in [6, 6.07) is 10.00. The van der Waals surface area contributed by atoms with E-state index in [2.05, 4.69) is 22.2 Å². The zero-order valence-corrected chi connectivity index (χ0v) is 14.4. The SMILES string of the molecule is CC1CCN(C(=O)CCc2ccccc2)CC1NC(=O)c1cnc[nH]1. The number of H-pyrrole nitrogens is 1. The zero-order chi connectivity index (χ0) is 17.6. The normalized spacial score (nSPS) is 20.3. The Morgan fingerprint density at radius 1 is 1.32 bits per heavy atom. The molecule has 2 N–H and O–H groups in total. The summed E-state index contributed by atoms with van der Waals surface area (Å²) in [5.41, 5.74) is 1.62. The third kappa shape index (κ3) is 4.47. The molecule has 6 heteroatoms. The number of imidazole rings is 1. The molecule has 1 saturated heterocycles. The summed E-state index contributed by atoms with van der Waals surface area (Å²) >= 11 is 0. The molecule has 1 aliphatic rings. The molecule has 0 saturated carbocycles. The van der Waals surface area contributed by atoms with Crippen molar-refractivity contribution < 1.29 is 9.59 Å². The highest BCUT2D eigenvalue weighted by atomic mass is 16.2. The lowest BCUT2D eigenvalue weighted by Crippen LogP contribution is -2.53. The summed E-state index contributed by atoms with van der Waals surface area (Å²) in [6.07, 6.45) is 5.13. The van der Waals surface area contributed by atoms with Crippen molar-refractivity contribution in [1.29, 1.82) is 0 Å². The molecule has 1 fully saturated rings. The number of likely N-dealkylation sites (tertiary alicyclic amines) is 1. The van der Waals surface area contributed by atoms with Crippen LogP contribution in [0.2, 0.25) is 0 Å². The number of amides is 2. The summed E-state index contributed by atoms with van der Waals surface area (Å²) in [6.45, 7) is 3.43. The Kier molecular flexibility index (Phi) is 5.48. The average Bonchev–Trinajstić information content (AvgIpc) is 3.17. The highest BCUT2D eigenvalue weighted by Crippen LogP contribution is 2.19. The molecule has 2 amide bonds. The molecule has 0 radical (unpaired) electrons. The summed E-state index contributed by atoms with van der Waals surface area (Å²) < 4.78 is 0. The molecule has 0 bridgehead atoms. The Hall–Kier alpha value is -2.63. The molecule has 2 aromatic rings. The van der Waals surface area contributed by atoms with Gasteiger partial charge in [-0.1, -0.05) is 37.3 Å². The second-order valence-corrected chi connectivity index (χ2v) is 6.64. The third-order valence-electron chi connectivity index (χ3n) is 4.84. The van der Waals surface area contributed by atoms with E-state index in [4.69, 9.17) is 0 Å². The number of nitrogens with one attached hydrogen (secondary N) is 2. The lowest BCUT2D eigenvalue weighted by atomic mass is 9.93. The fourth-order valence-electron chi connectivity index (χ4n) is 3.16. The molecule has 2 unspecified atom stereocenters. The van der Waals surface area contributed by atoms with Crippen molar-refractivity contribution in [3.63, 3.8) is 0 Å². The lowest BCUT2D eigenvalue weighted by Gasteiger charge is -2.37. The van der Waals surface area contributed by atoms with Crippen molar-refractivity contribution in [3.05, 3.63) is 54.1 Å². The van der Waals surface area contributed by atoms with E-state index in [9.17, 15) is 9.59 Å². The smallest absolute Gasteiger partial charge is 0.269 e. The van der Waals surface area contributed by atoms with Gasteiger partial charge in [0.15, 0.2) is 0 Å². The van der Waals surface area contributed by atoms with Gasteiger partial charge in [-0.2, -0.15) is 0 Å². The number of aryl methyl sites for hydroxylation is 1. The van der Waals surface area contributed by atoms with Crippen LogP contribution in [0.25, 0.3) is 0 Å². The number of carbonyl (C=O) groups excluding carboxylic acids is 2. The first-order valence-electron chi connectivity index (χ1n) is 8.74. The van der Waals surface area contributed by atoms with Gasteiger partial charge in [0.1, 0.15) is 5.69 Å². The molecule has 0 aliphatic carbocycles. The highest BCUT2D eigenvalue weighted by molar-refractivity contribution is 5.92. The fourth-order valence-corrected chi connectivity index (χ4v) is 3.16. The van der Waals surface area contributed by atoms with Crippen LogP contribution < -0.4 is 5.32 Å². The molecule has 2 atom stereocenters. The standard InChI is InChI=1S/C19H24N4O2/c1-14-9-10-23(18(24)8-7-15-5-3-2-4-6-15)12-17(14)22-19(25)16-11-20-13-21-16/h2-6,11,13-14,17H,7-10,12H2,1H3,(H,20,21)(H,22,25). The van der Waals surface area contributed by atoms with Crippen LogP contribution in [0, 0.1) is 5.92 Å². The maximum Gasteiger partial charge on any atom is 0.269 e. The van der Waals surface area contributed by atoms with Crippen LogP contribution in [0.4, 0.5) is 0 Å². The van der Waals surface area contributed by atoms with Crippen LogP contribution >= 0.6 is 0 Å². The number of carbonyl (C=O) groups is 2. The van der Waals surface area contributed by atoms with Gasteiger partial charge in [-0.05, 0) is 24.3 Å². The summed E-state index contributed by atoms with van der Waals surface area (Å²) in [5, 5.41) is 3.03. The molecule has 25 heavy (non-hydrogen) atoms. The second kappa shape index (κ2) is 7.96. The summed E-state index contributed by atoms with van der Waals surface area (Å²) in [7, 11) is 0. The topological polar surface area (TPSA) is 78.1 Å². The fraction of sp³-hybridized carbons (Fsp3) is 0.421. The first kappa shape index (κ1) is 17.2. The van der Waals surface area contributed by atoms with Crippen molar-refractivity contribution in [2.75, 3.05) is 13.1 Å². The van der Waals surface area contributed by atoms with Gasteiger partial charge >= 0.3 is 0 Å². The second-order valence-electron chi connectivity index (χ2n) is 6.64. The molecule has 6 nitrogen and oxygen atoms in total. The van der Waals surface area contributed by atoms with Crippen molar-refractivity contribution in [1.82, 2.24) is 20.2 Å². The number of hydrogen-bond donors (Lipinski definition) is 2. The van der Waals surface area contributed by atoms with E-state index in [1.165, 1.54) is 18.1 Å². The van der Waals surface area contributed by atoms with Crippen molar-refractivity contribution in [3.8, 4) is 0 Å². The molecule has 0 spiro atoms. The van der Waals surface area contributed by atoms with Gasteiger partial charge in [-0.15, -0.1) is 0 Å². The first-order chi connectivity index (χ1) is 12.1. The van der Waals surface area contributed by atoms with Crippen molar-refractivity contribution >= 4 is 11.8 Å². The number of hydrogen-bond acceptors (Lipinski definition) is 3. The van der Waals surface area contributed by atoms with Crippen LogP contribution in [0.1, 0.15) is 35.8 Å². The highest BCUT2D eigenvalue weighted by Gasteiger charge is 2.30. The molecule has 1 aromatic carbocycles. The molecule has 1 aliphatic heterocycles. The van der Waals surface area contributed by atoms with Crippen molar-refractivity contribution in [2.24, 2.45) is 5.92 Å². The molecule has 132 valence electrons. The lowest BCUT2D eigenvalue weighted by molar-refractivity contribution is -0.133. The van der Waals surface area contributed by atoms with Gasteiger partial charge in [0.25, 0.3) is 5.91 Å². The van der Waals surface area contributed by atoms with Gasteiger partial charge in [0.05, 0.1) is 12.5 Å². The summed E-state index contributed by atoms with van der Waals surface area (Å²) in [5.74, 6) is 0.314. The molecule has 3 rings (SSSR count). The van der Waals surface area contributed by atoms with Crippen LogP contribution in [0.3, 0.4) is 0 Å². The number of nitrogens with zero attached hydrogens (tertiary/aromatic N) is 2. The minimum atomic E-state index is -0.173. The third-order valence-corrected chi connectivity index (χ3v) is 4.84. The van der Waals surface area contributed by atoms with E-state index in [0.29, 0.717) is 24.6 Å². The Bertz CT molecular complexity index is 699. The van der Waals surface area contributed by atoms with E-state index >= 15 is 0 Å². The number of benzene rings is 1. The number of aromatic nitrogens is 2.